The first-order valence-corrected chi connectivity index (χ1v) is 7.06. The van der Waals surface area contributed by atoms with Crippen molar-refractivity contribution in [2.24, 2.45) is 0 Å². The third-order valence-electron chi connectivity index (χ3n) is 3.90. The van der Waals surface area contributed by atoms with E-state index in [2.05, 4.69) is 30.0 Å². The number of carbonyl (C=O) groups is 1. The monoisotopic (exact) mass is 282 g/mol. The molecule has 0 saturated heterocycles. The summed E-state index contributed by atoms with van der Waals surface area (Å²) in [6.45, 7) is 2.88. The van der Waals surface area contributed by atoms with Gasteiger partial charge in [-0.3, -0.25) is 0 Å². The maximum atomic E-state index is 11.5. The van der Waals surface area contributed by atoms with Gasteiger partial charge < -0.3 is 15.7 Å². The second-order valence-corrected chi connectivity index (χ2v) is 5.47. The molecule has 4 heteroatoms. The van der Waals surface area contributed by atoms with Crippen molar-refractivity contribution in [1.29, 1.82) is 0 Å². The van der Waals surface area contributed by atoms with Crippen LogP contribution in [0, 0.1) is 6.92 Å². The van der Waals surface area contributed by atoms with Crippen LogP contribution in [-0.4, -0.2) is 17.6 Å². The lowest BCUT2D eigenvalue weighted by Gasteiger charge is -2.32. The van der Waals surface area contributed by atoms with Gasteiger partial charge >= 0.3 is 5.97 Å². The average Bonchev–Trinajstić information content (AvgIpc) is 2.45. The molecule has 3 N–H and O–H groups in total. The van der Waals surface area contributed by atoms with E-state index >= 15 is 0 Å². The lowest BCUT2D eigenvalue weighted by Crippen LogP contribution is -2.26. The molecule has 0 unspecified atom stereocenters. The molecule has 0 bridgehead atoms. The number of nitrogens with two attached hydrogens (primary N) is 1. The number of nitrogen functional groups attached to an aromatic ring is 1. The van der Waals surface area contributed by atoms with Crippen LogP contribution in [-0.2, 0) is 6.42 Å². The van der Waals surface area contributed by atoms with Crippen LogP contribution in [0.25, 0.3) is 0 Å². The number of anilines is 3. The first-order valence-electron chi connectivity index (χ1n) is 7.06. The van der Waals surface area contributed by atoms with Gasteiger partial charge in [0.05, 0.1) is 11.3 Å². The van der Waals surface area contributed by atoms with Gasteiger partial charge in [0.15, 0.2) is 0 Å². The molecule has 4 nitrogen and oxygen atoms in total. The van der Waals surface area contributed by atoms with Gasteiger partial charge in [0.2, 0.25) is 0 Å². The lowest BCUT2D eigenvalue weighted by molar-refractivity contribution is 0.0697. The summed E-state index contributed by atoms with van der Waals surface area (Å²) in [6.07, 6.45) is 2.03. The minimum atomic E-state index is -0.927. The van der Waals surface area contributed by atoms with Crippen LogP contribution in [0.2, 0.25) is 0 Å². The molecule has 0 spiro atoms. The Morgan fingerprint density at radius 2 is 2.00 bits per heavy atom. The zero-order valence-corrected chi connectivity index (χ0v) is 12.0. The fraction of sp³-hybridized carbons (Fsp3) is 0.235. The van der Waals surface area contributed by atoms with Crippen molar-refractivity contribution in [3.63, 3.8) is 0 Å². The van der Waals surface area contributed by atoms with E-state index in [0.29, 0.717) is 11.4 Å². The number of fused-ring (bicyclic) bond motifs is 1. The minimum Gasteiger partial charge on any atom is -0.478 e. The molecule has 2 aromatic rings. The third-order valence-corrected chi connectivity index (χ3v) is 3.90. The van der Waals surface area contributed by atoms with Crippen molar-refractivity contribution in [2.45, 2.75) is 19.8 Å². The molecule has 0 atom stereocenters. The standard InChI is InChI=1S/C17H18N2O2/c1-11-4-7-15-12(9-11)3-2-8-19(15)16-10-13(18)5-6-14(16)17(20)21/h4-7,9-10H,2-3,8,18H2,1H3,(H,20,21). The molecule has 1 aliphatic heterocycles. The van der Waals surface area contributed by atoms with E-state index in [1.54, 1.807) is 18.2 Å². The molecule has 0 amide bonds. The van der Waals surface area contributed by atoms with Crippen LogP contribution in [0.5, 0.6) is 0 Å². The van der Waals surface area contributed by atoms with Gasteiger partial charge in [0.25, 0.3) is 0 Å². The van der Waals surface area contributed by atoms with Gasteiger partial charge in [-0.2, -0.15) is 0 Å². The molecule has 21 heavy (non-hydrogen) atoms. The van der Waals surface area contributed by atoms with Gasteiger partial charge in [-0.25, -0.2) is 4.79 Å². The number of aryl methyl sites for hydroxylation is 2. The summed E-state index contributed by atoms with van der Waals surface area (Å²) < 4.78 is 0. The molecule has 0 aliphatic carbocycles. The fourth-order valence-electron chi connectivity index (χ4n) is 2.93. The molecular formula is C17H18N2O2. The zero-order valence-electron chi connectivity index (χ0n) is 12.0. The summed E-state index contributed by atoms with van der Waals surface area (Å²) in [5, 5.41) is 9.41. The minimum absolute atomic E-state index is 0.289. The normalized spacial score (nSPS) is 13.9. The van der Waals surface area contributed by atoms with E-state index in [0.717, 1.165) is 25.1 Å². The molecule has 0 radical (unpaired) electrons. The highest BCUT2D eigenvalue weighted by molar-refractivity contribution is 5.96. The summed E-state index contributed by atoms with van der Waals surface area (Å²) in [6, 6.07) is 11.3. The van der Waals surface area contributed by atoms with Crippen molar-refractivity contribution in [2.75, 3.05) is 17.2 Å². The van der Waals surface area contributed by atoms with Crippen LogP contribution in [0.1, 0.15) is 27.9 Å². The predicted molar refractivity (Wildman–Crippen MR) is 84.3 cm³/mol. The van der Waals surface area contributed by atoms with Crippen molar-refractivity contribution >= 4 is 23.0 Å². The van der Waals surface area contributed by atoms with Crippen LogP contribution in [0.4, 0.5) is 17.1 Å². The van der Waals surface area contributed by atoms with Gasteiger partial charge in [0, 0.05) is 17.9 Å². The number of rotatable bonds is 2. The Bertz CT molecular complexity index is 710. The molecule has 3 rings (SSSR count). The van der Waals surface area contributed by atoms with Crippen LogP contribution in [0.3, 0.4) is 0 Å². The molecule has 0 fully saturated rings. The zero-order chi connectivity index (χ0) is 15.0. The average molecular weight is 282 g/mol. The number of carboxylic acids is 1. The summed E-state index contributed by atoms with van der Waals surface area (Å²) in [5.74, 6) is -0.927. The Morgan fingerprint density at radius 1 is 1.19 bits per heavy atom. The van der Waals surface area contributed by atoms with Crippen LogP contribution >= 0.6 is 0 Å². The van der Waals surface area contributed by atoms with Crippen molar-refractivity contribution in [3.05, 3.63) is 53.1 Å². The highest BCUT2D eigenvalue weighted by Gasteiger charge is 2.22. The van der Waals surface area contributed by atoms with Crippen LogP contribution in [0.15, 0.2) is 36.4 Å². The Hall–Kier alpha value is -2.49. The van der Waals surface area contributed by atoms with Crippen LogP contribution < -0.4 is 10.6 Å². The Morgan fingerprint density at radius 3 is 2.76 bits per heavy atom. The number of hydrogen-bond donors (Lipinski definition) is 2. The van der Waals surface area contributed by atoms with E-state index in [4.69, 9.17) is 5.73 Å². The largest absolute Gasteiger partial charge is 0.478 e. The Balaban J connectivity index is 2.15. The molecular weight excluding hydrogens is 264 g/mol. The summed E-state index contributed by atoms with van der Waals surface area (Å²) in [7, 11) is 0. The smallest absolute Gasteiger partial charge is 0.337 e. The Labute approximate surface area is 123 Å². The van der Waals surface area contributed by atoms with Crippen molar-refractivity contribution in [1.82, 2.24) is 0 Å². The molecule has 108 valence electrons. The second-order valence-electron chi connectivity index (χ2n) is 5.47. The highest BCUT2D eigenvalue weighted by Crippen LogP contribution is 2.36. The second kappa shape index (κ2) is 5.13. The van der Waals surface area contributed by atoms with E-state index in [1.807, 2.05) is 0 Å². The first-order chi connectivity index (χ1) is 10.1. The topological polar surface area (TPSA) is 66.6 Å². The Kier molecular flexibility index (Phi) is 3.29. The molecule has 1 aliphatic rings. The number of nitrogens with zero attached hydrogens (tertiary/aromatic N) is 1. The van der Waals surface area contributed by atoms with E-state index < -0.39 is 5.97 Å². The highest BCUT2D eigenvalue weighted by atomic mass is 16.4. The summed E-state index contributed by atoms with van der Waals surface area (Å²) in [4.78, 5) is 13.5. The number of benzene rings is 2. The molecule has 0 saturated carbocycles. The first kappa shape index (κ1) is 13.5. The SMILES string of the molecule is Cc1ccc2c(c1)CCCN2c1cc(N)ccc1C(=O)O. The lowest BCUT2D eigenvalue weighted by atomic mass is 9.98. The van der Waals surface area contributed by atoms with Gasteiger partial charge in [0.1, 0.15) is 0 Å². The van der Waals surface area contributed by atoms with E-state index in [1.165, 1.54) is 11.1 Å². The number of aromatic carboxylic acids is 1. The summed E-state index contributed by atoms with van der Waals surface area (Å²) in [5.41, 5.74) is 11.0. The van der Waals surface area contributed by atoms with Gasteiger partial charge in [-0.15, -0.1) is 0 Å². The molecule has 0 aromatic heterocycles. The van der Waals surface area contributed by atoms with E-state index in [-0.39, 0.29) is 5.56 Å². The summed E-state index contributed by atoms with van der Waals surface area (Å²) >= 11 is 0. The van der Waals surface area contributed by atoms with Crippen molar-refractivity contribution in [3.8, 4) is 0 Å². The van der Waals surface area contributed by atoms with E-state index in [9.17, 15) is 9.90 Å². The number of hydrogen-bond acceptors (Lipinski definition) is 3. The maximum Gasteiger partial charge on any atom is 0.337 e. The molecule has 1 heterocycles. The van der Waals surface area contributed by atoms with Crippen molar-refractivity contribution < 1.29 is 9.90 Å². The van der Waals surface area contributed by atoms with Gasteiger partial charge in [-0.05, 0) is 49.6 Å². The number of carboxylic acid groups (broad SMARTS) is 1. The third kappa shape index (κ3) is 2.44. The molecule has 2 aromatic carbocycles. The predicted octanol–water partition coefficient (Wildman–Crippen LogP) is 3.36. The quantitative estimate of drug-likeness (QED) is 0.829. The van der Waals surface area contributed by atoms with Gasteiger partial charge in [-0.1, -0.05) is 17.7 Å². The maximum absolute atomic E-state index is 11.5. The fourth-order valence-corrected chi connectivity index (χ4v) is 2.93.